The van der Waals surface area contributed by atoms with Gasteiger partial charge < -0.3 is 23.9 Å². The van der Waals surface area contributed by atoms with E-state index in [1.165, 1.54) is 12.1 Å². The zero-order valence-corrected chi connectivity index (χ0v) is 20.5. The van der Waals surface area contributed by atoms with Gasteiger partial charge in [-0.2, -0.15) is 0 Å². The number of aryl methyl sites for hydroxylation is 2. The second-order valence-corrected chi connectivity index (χ2v) is 9.51. The van der Waals surface area contributed by atoms with Gasteiger partial charge in [0.05, 0.1) is 18.7 Å². The van der Waals surface area contributed by atoms with Crippen molar-refractivity contribution in [3.63, 3.8) is 0 Å². The maximum atomic E-state index is 13.8. The summed E-state index contributed by atoms with van der Waals surface area (Å²) in [4.78, 5) is 29.3. The Balaban J connectivity index is 1.81. The second kappa shape index (κ2) is 9.40. The quantitative estimate of drug-likeness (QED) is 0.615. The Hall–Kier alpha value is -3.88. The minimum Gasteiger partial charge on any atom is -0.490 e. The molecule has 0 spiro atoms. The van der Waals surface area contributed by atoms with Crippen LogP contribution in [0.4, 0.5) is 9.18 Å². The highest BCUT2D eigenvalue weighted by Crippen LogP contribution is 2.37. The first-order chi connectivity index (χ1) is 16.5. The largest absolute Gasteiger partial charge is 0.490 e. The molecule has 1 N–H and O–H groups in total. The van der Waals surface area contributed by atoms with E-state index in [1.807, 2.05) is 13.0 Å². The van der Waals surface area contributed by atoms with E-state index in [9.17, 15) is 14.0 Å². The molecule has 0 bridgehead atoms. The first-order valence-corrected chi connectivity index (χ1v) is 11.4. The third kappa shape index (κ3) is 5.45. The predicted molar refractivity (Wildman–Crippen MR) is 129 cm³/mol. The molecule has 2 heterocycles. The molecule has 0 radical (unpaired) electrons. The van der Waals surface area contributed by atoms with Crippen LogP contribution in [-0.2, 0) is 18.3 Å². The van der Waals surface area contributed by atoms with Crippen molar-refractivity contribution in [3.05, 3.63) is 70.9 Å². The minimum absolute atomic E-state index is 0.239. The molecule has 0 saturated heterocycles. The van der Waals surface area contributed by atoms with E-state index in [4.69, 9.17) is 9.47 Å². The van der Waals surface area contributed by atoms with Gasteiger partial charge in [0, 0.05) is 25.0 Å². The average Bonchev–Trinajstić information content (AvgIpc) is 2.97. The summed E-state index contributed by atoms with van der Waals surface area (Å²) < 4.78 is 28.6. The monoisotopic (exact) mass is 480 g/mol. The lowest BCUT2D eigenvalue weighted by Crippen LogP contribution is -2.29. The Morgan fingerprint density at radius 1 is 1.17 bits per heavy atom. The molecule has 0 atom stereocenters. The summed E-state index contributed by atoms with van der Waals surface area (Å²) in [6.45, 7) is 8.20. The van der Waals surface area contributed by atoms with Gasteiger partial charge in [-0.15, -0.1) is 4.99 Å². The maximum Gasteiger partial charge on any atom is 0.437 e. The first kappa shape index (κ1) is 24.3. The molecule has 0 saturated carbocycles. The number of imidazole rings is 1. The molecule has 35 heavy (non-hydrogen) atoms. The summed E-state index contributed by atoms with van der Waals surface area (Å²) in [5, 5.41) is 2.84. The summed E-state index contributed by atoms with van der Waals surface area (Å²) >= 11 is 0. The number of benzene rings is 2. The molecule has 0 fully saturated rings. The number of halogens is 1. The van der Waals surface area contributed by atoms with E-state index < -0.39 is 11.7 Å². The van der Waals surface area contributed by atoms with Crippen molar-refractivity contribution in [1.82, 2.24) is 14.5 Å². The van der Waals surface area contributed by atoms with E-state index in [0.29, 0.717) is 42.2 Å². The lowest BCUT2D eigenvalue weighted by molar-refractivity contribution is 0.0593. The third-order valence-corrected chi connectivity index (χ3v) is 5.49. The molecule has 8 nitrogen and oxygen atoms in total. The Morgan fingerprint density at radius 3 is 2.63 bits per heavy atom. The molecule has 4 rings (SSSR count). The number of aromatic nitrogens is 2. The van der Waals surface area contributed by atoms with Crippen LogP contribution in [0.25, 0.3) is 11.1 Å². The van der Waals surface area contributed by atoms with Crippen molar-refractivity contribution >= 4 is 12.0 Å². The molecule has 3 aromatic rings. The van der Waals surface area contributed by atoms with Gasteiger partial charge in [-0.25, -0.2) is 9.18 Å². The fourth-order valence-electron chi connectivity index (χ4n) is 3.99. The van der Waals surface area contributed by atoms with Gasteiger partial charge in [0.25, 0.3) is 5.91 Å². The lowest BCUT2D eigenvalue weighted by atomic mass is 9.94. The third-order valence-electron chi connectivity index (χ3n) is 5.49. The number of rotatable bonds is 3. The topological polar surface area (TPSA) is 86.8 Å². The van der Waals surface area contributed by atoms with Crippen molar-refractivity contribution in [3.8, 4) is 16.9 Å². The molecule has 2 aromatic carbocycles. The maximum absolute atomic E-state index is 13.8. The molecule has 0 unspecified atom stereocenters. The number of hydrogen-bond donors (Lipinski definition) is 1. The normalized spacial score (nSPS) is 14.1. The van der Waals surface area contributed by atoms with Crippen LogP contribution in [0.5, 0.6) is 5.75 Å². The summed E-state index contributed by atoms with van der Waals surface area (Å²) in [5.74, 6) is -0.104. The van der Waals surface area contributed by atoms with Gasteiger partial charge in [-0.3, -0.25) is 4.79 Å². The fraction of sp³-hybridized carbons (Fsp3) is 0.346. The second-order valence-electron chi connectivity index (χ2n) is 9.51. The minimum atomic E-state index is -0.689. The smallest absolute Gasteiger partial charge is 0.437 e. The highest BCUT2D eigenvalue weighted by Gasteiger charge is 2.23. The van der Waals surface area contributed by atoms with Crippen LogP contribution in [0.1, 0.15) is 42.3 Å². The number of nitrogens with zero attached hydrogens (tertiary/aromatic N) is 3. The first-order valence-electron chi connectivity index (χ1n) is 11.4. The predicted octanol–water partition coefficient (Wildman–Crippen LogP) is 3.95. The Labute approximate surface area is 203 Å². The summed E-state index contributed by atoms with van der Waals surface area (Å²) in [7, 11) is 1.78. The molecule has 1 aliphatic heterocycles. The molecule has 1 aliphatic rings. The van der Waals surface area contributed by atoms with Crippen molar-refractivity contribution in [1.29, 1.82) is 0 Å². The van der Waals surface area contributed by atoms with Crippen LogP contribution in [0.3, 0.4) is 0 Å². The Morgan fingerprint density at radius 2 is 1.91 bits per heavy atom. The van der Waals surface area contributed by atoms with Crippen molar-refractivity contribution in [2.24, 2.45) is 12.0 Å². The standard InChI is InChI=1S/C26H29FN4O4/c1-16-12-18(27)6-7-19(16)20-13-17(14-21-22(20)34-11-8-28-23(21)32)15-31-10-9-30(5)24(31)29-25(33)35-26(2,3)4/h6-7,9-10,12-14H,8,11,15H2,1-5H3,(H,28,32). The number of amides is 2. The van der Waals surface area contributed by atoms with Crippen LogP contribution in [0.15, 0.2) is 47.7 Å². The molecule has 1 aromatic heterocycles. The molecule has 2 amide bonds. The fourth-order valence-corrected chi connectivity index (χ4v) is 3.99. The summed E-state index contributed by atoms with van der Waals surface area (Å²) in [6.07, 6.45) is 2.90. The van der Waals surface area contributed by atoms with Crippen LogP contribution < -0.4 is 15.7 Å². The van der Waals surface area contributed by atoms with Crippen LogP contribution in [-0.4, -0.2) is 39.9 Å². The molecule has 0 aliphatic carbocycles. The van der Waals surface area contributed by atoms with Crippen LogP contribution in [0, 0.1) is 12.7 Å². The molecular formula is C26H29FN4O4. The number of nitrogens with one attached hydrogen (secondary N) is 1. The van der Waals surface area contributed by atoms with Crippen molar-refractivity contribution < 1.29 is 23.5 Å². The summed E-state index contributed by atoms with van der Waals surface area (Å²) in [5.41, 5.74) is 3.13. The van der Waals surface area contributed by atoms with Gasteiger partial charge >= 0.3 is 6.09 Å². The van der Waals surface area contributed by atoms with E-state index >= 15 is 0 Å². The van der Waals surface area contributed by atoms with Crippen molar-refractivity contribution in [2.75, 3.05) is 13.2 Å². The van der Waals surface area contributed by atoms with Gasteiger partial charge in [-0.05, 0) is 68.7 Å². The zero-order valence-electron chi connectivity index (χ0n) is 20.5. The highest BCUT2D eigenvalue weighted by molar-refractivity contribution is 6.00. The van der Waals surface area contributed by atoms with Gasteiger partial charge in [0.2, 0.25) is 5.62 Å². The number of ether oxygens (including phenoxy) is 2. The van der Waals surface area contributed by atoms with Crippen LogP contribution >= 0.6 is 0 Å². The van der Waals surface area contributed by atoms with Crippen molar-refractivity contribution in [2.45, 2.75) is 39.8 Å². The Kier molecular flexibility index (Phi) is 6.51. The van der Waals surface area contributed by atoms with E-state index in [1.54, 1.807) is 61.5 Å². The SMILES string of the molecule is Cc1cc(F)ccc1-c1cc(Cn2ccn(C)c2=NC(=O)OC(C)(C)C)cc2c1OCCNC2=O. The summed E-state index contributed by atoms with van der Waals surface area (Å²) in [6, 6.07) is 8.23. The molecular weight excluding hydrogens is 451 g/mol. The average molecular weight is 481 g/mol. The van der Waals surface area contributed by atoms with E-state index in [0.717, 1.165) is 16.7 Å². The highest BCUT2D eigenvalue weighted by atomic mass is 19.1. The number of carbonyl (C=O) groups excluding carboxylic acids is 2. The van der Waals surface area contributed by atoms with E-state index in [-0.39, 0.29) is 11.7 Å². The number of carbonyl (C=O) groups is 2. The zero-order chi connectivity index (χ0) is 25.3. The number of hydrogen-bond acceptors (Lipinski definition) is 4. The van der Waals surface area contributed by atoms with Gasteiger partial charge in [-0.1, -0.05) is 6.07 Å². The van der Waals surface area contributed by atoms with Gasteiger partial charge in [0.15, 0.2) is 0 Å². The van der Waals surface area contributed by atoms with E-state index in [2.05, 4.69) is 10.3 Å². The van der Waals surface area contributed by atoms with Gasteiger partial charge in [0.1, 0.15) is 23.8 Å². The van der Waals surface area contributed by atoms with Crippen LogP contribution in [0.2, 0.25) is 0 Å². The lowest BCUT2D eigenvalue weighted by Gasteiger charge is -2.17. The Bertz CT molecular complexity index is 1360. The molecule has 184 valence electrons. The number of fused-ring (bicyclic) bond motifs is 1. The molecule has 9 heteroatoms.